The molecule has 8 nitrogen and oxygen atoms in total. The van der Waals surface area contributed by atoms with Gasteiger partial charge in [0.1, 0.15) is 5.52 Å². The number of hydrogen-bond acceptors (Lipinski definition) is 4. The number of imidazole rings is 1. The zero-order valence-corrected chi connectivity index (χ0v) is 14.9. The lowest BCUT2D eigenvalue weighted by Crippen LogP contribution is -2.29. The number of carboxylic acid groups (broad SMARTS) is 1. The summed E-state index contributed by atoms with van der Waals surface area (Å²) in [5, 5.41) is 17.5. The third-order valence-corrected chi connectivity index (χ3v) is 4.59. The number of hydrogen-bond donors (Lipinski definition) is 3. The largest absolute Gasteiger partial charge is 0.465 e. The molecule has 0 radical (unpaired) electrons. The number of aromatic amines is 2. The number of aromatic nitrogens is 4. The van der Waals surface area contributed by atoms with Gasteiger partial charge in [-0.15, -0.1) is 0 Å². The molecule has 0 fully saturated rings. The van der Waals surface area contributed by atoms with Crippen molar-refractivity contribution in [3.63, 3.8) is 0 Å². The van der Waals surface area contributed by atoms with Crippen molar-refractivity contribution in [2.24, 2.45) is 0 Å². The quantitative estimate of drug-likeness (QED) is 0.499. The first-order valence-corrected chi connectivity index (χ1v) is 8.55. The van der Waals surface area contributed by atoms with E-state index in [9.17, 15) is 14.7 Å². The van der Waals surface area contributed by atoms with Gasteiger partial charge in [0.05, 0.1) is 21.6 Å². The summed E-state index contributed by atoms with van der Waals surface area (Å²) in [7, 11) is 0. The van der Waals surface area contributed by atoms with Crippen LogP contribution in [0.4, 0.5) is 10.7 Å². The van der Waals surface area contributed by atoms with Crippen molar-refractivity contribution in [1.82, 2.24) is 20.2 Å². The van der Waals surface area contributed by atoms with Crippen molar-refractivity contribution in [2.75, 3.05) is 11.4 Å². The Morgan fingerprint density at radius 1 is 1.26 bits per heavy atom. The van der Waals surface area contributed by atoms with E-state index >= 15 is 0 Å². The Bertz CT molecular complexity index is 1250. The summed E-state index contributed by atoms with van der Waals surface area (Å²) in [6.45, 7) is 1.95. The summed E-state index contributed by atoms with van der Waals surface area (Å²) in [5.74, 6) is 0.193. The molecule has 0 spiro atoms. The van der Waals surface area contributed by atoms with E-state index in [1.54, 1.807) is 31.2 Å². The Kier molecular flexibility index (Phi) is 4.04. The first-order valence-electron chi connectivity index (χ1n) is 8.17. The molecule has 0 aliphatic carbocycles. The molecule has 2 aromatic carbocycles. The lowest BCUT2D eigenvalue weighted by Gasteiger charge is -2.12. The second-order valence-electron chi connectivity index (χ2n) is 5.89. The molecule has 4 rings (SSSR count). The Hall–Kier alpha value is -3.39. The average molecular weight is 384 g/mol. The molecule has 0 aliphatic heterocycles. The summed E-state index contributed by atoms with van der Waals surface area (Å²) in [6.07, 6.45) is -1.11. The number of halogens is 1. The van der Waals surface area contributed by atoms with Crippen molar-refractivity contribution < 1.29 is 9.90 Å². The van der Waals surface area contributed by atoms with Gasteiger partial charge in [0.25, 0.3) is 5.56 Å². The lowest BCUT2D eigenvalue weighted by molar-refractivity contribution is 0.202. The van der Waals surface area contributed by atoms with Crippen LogP contribution in [0.15, 0.2) is 41.2 Å². The molecule has 2 aromatic heterocycles. The van der Waals surface area contributed by atoms with Gasteiger partial charge in [-0.2, -0.15) is 5.10 Å². The molecule has 9 heteroatoms. The fourth-order valence-electron chi connectivity index (χ4n) is 3.04. The maximum atomic E-state index is 12.0. The van der Waals surface area contributed by atoms with Gasteiger partial charge in [-0.05, 0) is 25.1 Å². The zero-order valence-electron chi connectivity index (χ0n) is 14.2. The minimum Gasteiger partial charge on any atom is -0.465 e. The monoisotopic (exact) mass is 383 g/mol. The molecule has 4 aromatic rings. The highest BCUT2D eigenvalue weighted by Gasteiger charge is 2.19. The van der Waals surface area contributed by atoms with E-state index in [0.29, 0.717) is 38.1 Å². The Morgan fingerprint density at radius 2 is 2.00 bits per heavy atom. The van der Waals surface area contributed by atoms with Crippen LogP contribution in [0.2, 0.25) is 5.02 Å². The van der Waals surface area contributed by atoms with E-state index in [4.69, 9.17) is 11.6 Å². The minimum atomic E-state index is -1.11. The number of benzene rings is 2. The van der Waals surface area contributed by atoms with Crippen LogP contribution in [0.25, 0.3) is 33.1 Å². The average Bonchev–Trinajstić information content (AvgIpc) is 3.07. The highest BCUT2D eigenvalue weighted by molar-refractivity contribution is 6.35. The normalized spacial score (nSPS) is 11.2. The number of carbonyl (C=O) groups is 1. The molecule has 0 atom stereocenters. The number of rotatable bonds is 3. The van der Waals surface area contributed by atoms with Crippen molar-refractivity contribution in [2.45, 2.75) is 6.92 Å². The number of amides is 1. The molecule has 0 saturated heterocycles. The van der Waals surface area contributed by atoms with Crippen LogP contribution in [0, 0.1) is 0 Å². The molecule has 0 bridgehead atoms. The predicted molar refractivity (Wildman–Crippen MR) is 104 cm³/mol. The lowest BCUT2D eigenvalue weighted by atomic mass is 10.0. The molecule has 0 aliphatic rings. The maximum absolute atomic E-state index is 12.0. The van der Waals surface area contributed by atoms with Crippen LogP contribution in [-0.4, -0.2) is 37.9 Å². The zero-order chi connectivity index (χ0) is 19.1. The van der Waals surface area contributed by atoms with Crippen molar-refractivity contribution in [3.05, 3.63) is 51.8 Å². The Labute approximate surface area is 157 Å². The highest BCUT2D eigenvalue weighted by atomic mass is 35.5. The van der Waals surface area contributed by atoms with Crippen molar-refractivity contribution >= 4 is 45.4 Å². The maximum Gasteiger partial charge on any atom is 0.414 e. The number of nitrogens with one attached hydrogen (secondary N) is 2. The van der Waals surface area contributed by atoms with Crippen molar-refractivity contribution in [3.8, 4) is 11.3 Å². The van der Waals surface area contributed by atoms with Gasteiger partial charge < -0.3 is 10.1 Å². The van der Waals surface area contributed by atoms with E-state index in [-0.39, 0.29) is 18.1 Å². The van der Waals surface area contributed by atoms with Gasteiger partial charge in [-0.25, -0.2) is 19.8 Å². The third kappa shape index (κ3) is 2.80. The molecule has 136 valence electrons. The summed E-state index contributed by atoms with van der Waals surface area (Å²) < 4.78 is 0. The molecule has 1 amide bonds. The third-order valence-electron chi connectivity index (χ3n) is 4.30. The first-order chi connectivity index (χ1) is 13.0. The standard InChI is InChI=1S/C18H14ClN5O3/c1-2-24(18(26)27)17-20-13-8-9(7-12(19)15(13)21-17)14-10-5-3-4-6-11(10)16(25)23-22-14/h3-8H,2H2,1H3,(H,20,21)(H,23,25)(H,26,27). The van der Waals surface area contributed by atoms with E-state index in [0.717, 1.165) is 4.90 Å². The SMILES string of the molecule is CCN(C(=O)O)c1nc2c(Cl)cc(-c3n[nH]c(=O)c4ccccc34)cc2[nH]1. The van der Waals surface area contributed by atoms with E-state index in [1.807, 2.05) is 12.1 Å². The fraction of sp³-hybridized carbons (Fsp3) is 0.111. The van der Waals surface area contributed by atoms with Crippen LogP contribution in [0.3, 0.4) is 0 Å². The van der Waals surface area contributed by atoms with Crippen LogP contribution in [0.1, 0.15) is 6.92 Å². The number of fused-ring (bicyclic) bond motifs is 2. The molecule has 3 N–H and O–H groups in total. The second kappa shape index (κ2) is 6.40. The fourth-order valence-corrected chi connectivity index (χ4v) is 3.30. The van der Waals surface area contributed by atoms with Gasteiger partial charge in [0, 0.05) is 17.5 Å². The van der Waals surface area contributed by atoms with Crippen LogP contribution in [-0.2, 0) is 0 Å². The molecule has 27 heavy (non-hydrogen) atoms. The summed E-state index contributed by atoms with van der Waals surface area (Å²) >= 11 is 6.39. The predicted octanol–water partition coefficient (Wildman–Crippen LogP) is 3.62. The van der Waals surface area contributed by atoms with Gasteiger partial charge in [0.15, 0.2) is 0 Å². The molecule has 0 unspecified atom stereocenters. The van der Waals surface area contributed by atoms with Crippen LogP contribution < -0.4 is 10.5 Å². The summed E-state index contributed by atoms with van der Waals surface area (Å²) in [4.78, 5) is 31.7. The molecule has 2 heterocycles. The van der Waals surface area contributed by atoms with Crippen molar-refractivity contribution in [1.29, 1.82) is 0 Å². The van der Waals surface area contributed by atoms with E-state index < -0.39 is 6.09 Å². The highest BCUT2D eigenvalue weighted by Crippen LogP contribution is 2.32. The van der Waals surface area contributed by atoms with Gasteiger partial charge >= 0.3 is 6.09 Å². The topological polar surface area (TPSA) is 115 Å². The van der Waals surface area contributed by atoms with E-state index in [1.165, 1.54) is 0 Å². The number of anilines is 1. The van der Waals surface area contributed by atoms with Gasteiger partial charge in [-0.1, -0.05) is 29.8 Å². The number of H-pyrrole nitrogens is 2. The Balaban J connectivity index is 1.93. The minimum absolute atomic E-state index is 0.193. The summed E-state index contributed by atoms with van der Waals surface area (Å²) in [6, 6.07) is 10.6. The Morgan fingerprint density at radius 3 is 2.70 bits per heavy atom. The van der Waals surface area contributed by atoms with Crippen LogP contribution in [0.5, 0.6) is 0 Å². The first kappa shape index (κ1) is 17.0. The number of nitrogens with zero attached hydrogens (tertiary/aromatic N) is 3. The van der Waals surface area contributed by atoms with Gasteiger partial charge in [-0.3, -0.25) is 4.79 Å². The molecular formula is C18H14ClN5O3. The molecule has 0 saturated carbocycles. The van der Waals surface area contributed by atoms with E-state index in [2.05, 4.69) is 20.2 Å². The second-order valence-corrected chi connectivity index (χ2v) is 6.30. The molecular weight excluding hydrogens is 370 g/mol. The smallest absolute Gasteiger partial charge is 0.414 e. The summed E-state index contributed by atoms with van der Waals surface area (Å²) in [5.41, 5.74) is 2.00. The van der Waals surface area contributed by atoms with Crippen LogP contribution >= 0.6 is 11.6 Å². The van der Waals surface area contributed by atoms with Gasteiger partial charge in [0.2, 0.25) is 5.95 Å².